The van der Waals surface area contributed by atoms with E-state index in [1.54, 1.807) is 0 Å². The van der Waals surface area contributed by atoms with Crippen LogP contribution < -0.4 is 10.6 Å². The van der Waals surface area contributed by atoms with E-state index in [-0.39, 0.29) is 11.8 Å². The highest BCUT2D eigenvalue weighted by Crippen LogP contribution is 2.43. The normalized spacial score (nSPS) is 10.8. The van der Waals surface area contributed by atoms with Crippen molar-refractivity contribution in [2.45, 2.75) is 0 Å². The topological polar surface area (TPSA) is 71.1 Å². The number of hydrogen-bond acceptors (Lipinski definition) is 4. The first-order valence-corrected chi connectivity index (χ1v) is 12.3. The van der Waals surface area contributed by atoms with Crippen LogP contribution in [0.5, 0.6) is 0 Å². The van der Waals surface area contributed by atoms with Gasteiger partial charge in [0, 0.05) is 16.6 Å². The highest BCUT2D eigenvalue weighted by atomic mass is 35.5. The summed E-state index contributed by atoms with van der Waals surface area (Å²) in [6.45, 7) is 0. The summed E-state index contributed by atoms with van der Waals surface area (Å²) in [5, 5.41) is 6.48. The van der Waals surface area contributed by atoms with E-state index in [4.69, 9.17) is 16.6 Å². The van der Waals surface area contributed by atoms with Crippen LogP contribution in [0, 0.1) is 0 Å². The maximum absolute atomic E-state index is 13.4. The fourth-order valence-corrected chi connectivity index (χ4v) is 4.98. The lowest BCUT2D eigenvalue weighted by molar-refractivity contribution is -0.113. The largest absolute Gasteiger partial charge is 0.323 e. The Hall–Kier alpha value is -4.00. The van der Waals surface area contributed by atoms with Crippen molar-refractivity contribution in [2.75, 3.05) is 16.5 Å². The number of carbonyl (C=O) groups is 2. The van der Waals surface area contributed by atoms with Gasteiger partial charge in [-0.2, -0.15) is 0 Å². The summed E-state index contributed by atoms with van der Waals surface area (Å²) in [5.41, 5.74) is 4.63. The van der Waals surface area contributed by atoms with Crippen LogP contribution in [0.2, 0.25) is 0 Å². The molecule has 0 radical (unpaired) electrons. The van der Waals surface area contributed by atoms with Crippen LogP contribution in [0.4, 0.5) is 11.4 Å². The number of alkyl halides is 1. The van der Waals surface area contributed by atoms with Gasteiger partial charge in [0.05, 0.1) is 11.4 Å². The number of aromatic nitrogens is 1. The Balaban J connectivity index is 1.75. The molecular formula is C28H20ClN3O2S. The summed E-state index contributed by atoms with van der Waals surface area (Å²) >= 11 is 7.06. The summed E-state index contributed by atoms with van der Waals surface area (Å²) < 4.78 is 0. The number of hydrogen-bond donors (Lipinski definition) is 2. The van der Waals surface area contributed by atoms with E-state index in [2.05, 4.69) is 10.6 Å². The molecule has 0 fully saturated rings. The van der Waals surface area contributed by atoms with Crippen LogP contribution in [0.1, 0.15) is 9.67 Å². The maximum atomic E-state index is 13.4. The Morgan fingerprint density at radius 2 is 1.40 bits per heavy atom. The summed E-state index contributed by atoms with van der Waals surface area (Å²) in [6, 6.07) is 30.9. The number of halogens is 1. The lowest BCUT2D eigenvalue weighted by atomic mass is 9.99. The van der Waals surface area contributed by atoms with Crippen molar-refractivity contribution in [3.8, 4) is 22.4 Å². The maximum Gasteiger partial charge on any atom is 0.267 e. The van der Waals surface area contributed by atoms with E-state index in [1.165, 1.54) is 11.3 Å². The fraction of sp³-hybridized carbons (Fsp3) is 0.0357. The van der Waals surface area contributed by atoms with E-state index < -0.39 is 5.91 Å². The summed E-state index contributed by atoms with van der Waals surface area (Å²) in [6.07, 6.45) is 0. The third-order valence-corrected chi connectivity index (χ3v) is 6.77. The van der Waals surface area contributed by atoms with E-state index >= 15 is 0 Å². The van der Waals surface area contributed by atoms with Crippen molar-refractivity contribution in [1.29, 1.82) is 0 Å². The molecule has 0 saturated heterocycles. The Morgan fingerprint density at radius 1 is 0.800 bits per heavy atom. The molecule has 0 aliphatic carbocycles. The molecule has 2 N–H and O–H groups in total. The van der Waals surface area contributed by atoms with Gasteiger partial charge in [-0.25, -0.2) is 4.98 Å². The number of carbonyl (C=O) groups excluding carboxylic acids is 2. The standard InChI is InChI=1S/C28H20ClN3O2S/c29-17-23(33)32-25-24-21(18-10-4-1-5-11-18)16-22(19-12-6-2-7-13-19)31-28(24)35-26(25)27(34)30-20-14-8-3-9-15-20/h1-16H,17H2,(H,30,34)(H,32,33). The SMILES string of the molecule is O=C(CCl)Nc1c(C(=O)Nc2ccccc2)sc2nc(-c3ccccc3)cc(-c3ccccc3)c12. The number of pyridine rings is 1. The predicted molar refractivity (Wildman–Crippen MR) is 144 cm³/mol. The second-order valence-electron chi connectivity index (χ2n) is 7.78. The van der Waals surface area contributed by atoms with Gasteiger partial charge in [0.1, 0.15) is 15.6 Å². The van der Waals surface area contributed by atoms with E-state index in [9.17, 15) is 9.59 Å². The van der Waals surface area contributed by atoms with Crippen LogP contribution in [-0.2, 0) is 4.79 Å². The molecule has 2 heterocycles. The van der Waals surface area contributed by atoms with E-state index in [0.29, 0.717) is 26.5 Å². The molecule has 0 unspecified atom stereocenters. The molecule has 2 aromatic heterocycles. The average molecular weight is 498 g/mol. The first-order chi connectivity index (χ1) is 17.1. The quantitative estimate of drug-likeness (QED) is 0.247. The van der Waals surface area contributed by atoms with Gasteiger partial charge in [0.15, 0.2) is 0 Å². The zero-order chi connectivity index (χ0) is 24.2. The van der Waals surface area contributed by atoms with Crippen molar-refractivity contribution in [1.82, 2.24) is 4.98 Å². The lowest BCUT2D eigenvalue weighted by Gasteiger charge is -2.11. The van der Waals surface area contributed by atoms with Crippen LogP contribution in [-0.4, -0.2) is 22.7 Å². The molecule has 0 saturated carbocycles. The number of para-hydroxylation sites is 1. The Labute approximate surface area is 211 Å². The molecule has 0 aliphatic heterocycles. The average Bonchev–Trinajstić information content (AvgIpc) is 3.28. The van der Waals surface area contributed by atoms with Crippen molar-refractivity contribution in [3.05, 3.63) is 102 Å². The van der Waals surface area contributed by atoms with Crippen LogP contribution in [0.15, 0.2) is 97.1 Å². The van der Waals surface area contributed by atoms with Gasteiger partial charge >= 0.3 is 0 Å². The minimum Gasteiger partial charge on any atom is -0.323 e. The molecule has 3 aromatic carbocycles. The first-order valence-electron chi connectivity index (χ1n) is 10.9. The zero-order valence-electron chi connectivity index (χ0n) is 18.5. The highest BCUT2D eigenvalue weighted by molar-refractivity contribution is 7.21. The lowest BCUT2D eigenvalue weighted by Crippen LogP contribution is -2.17. The number of anilines is 2. The number of nitrogens with zero attached hydrogens (tertiary/aromatic N) is 1. The van der Waals surface area contributed by atoms with Gasteiger partial charge in [-0.3, -0.25) is 9.59 Å². The molecule has 5 rings (SSSR count). The molecule has 2 amide bonds. The number of benzene rings is 3. The smallest absolute Gasteiger partial charge is 0.267 e. The second-order valence-corrected chi connectivity index (χ2v) is 9.04. The van der Waals surface area contributed by atoms with Crippen LogP contribution in [0.25, 0.3) is 32.6 Å². The molecule has 0 atom stereocenters. The molecule has 0 bridgehead atoms. The molecule has 172 valence electrons. The Kier molecular flexibility index (Phi) is 6.57. The van der Waals surface area contributed by atoms with E-state index in [0.717, 1.165) is 22.4 Å². The van der Waals surface area contributed by atoms with Crippen molar-refractivity contribution >= 4 is 56.3 Å². The number of amides is 2. The number of fused-ring (bicyclic) bond motifs is 1. The third-order valence-electron chi connectivity index (χ3n) is 5.44. The molecule has 0 spiro atoms. The van der Waals surface area contributed by atoms with Gasteiger partial charge in [0.25, 0.3) is 5.91 Å². The minimum atomic E-state index is -0.397. The van der Waals surface area contributed by atoms with Crippen LogP contribution in [0.3, 0.4) is 0 Å². The number of rotatable bonds is 6. The van der Waals surface area contributed by atoms with Gasteiger partial charge in [-0.15, -0.1) is 22.9 Å². The molecule has 5 nitrogen and oxygen atoms in total. The molecule has 5 aromatic rings. The van der Waals surface area contributed by atoms with Gasteiger partial charge in [0.2, 0.25) is 5.91 Å². The van der Waals surface area contributed by atoms with Crippen LogP contribution >= 0.6 is 22.9 Å². The first kappa shape index (κ1) is 22.8. The second kappa shape index (κ2) is 10.1. The van der Waals surface area contributed by atoms with Gasteiger partial charge in [-0.1, -0.05) is 78.9 Å². The number of nitrogens with one attached hydrogen (secondary N) is 2. The predicted octanol–water partition coefficient (Wildman–Crippen LogP) is 7.06. The molecule has 35 heavy (non-hydrogen) atoms. The zero-order valence-corrected chi connectivity index (χ0v) is 20.1. The Morgan fingerprint density at radius 3 is 2.03 bits per heavy atom. The molecule has 0 aliphatic rings. The van der Waals surface area contributed by atoms with E-state index in [1.807, 2.05) is 97.1 Å². The van der Waals surface area contributed by atoms with Gasteiger partial charge in [-0.05, 0) is 29.3 Å². The monoisotopic (exact) mass is 497 g/mol. The van der Waals surface area contributed by atoms with Crippen molar-refractivity contribution in [3.63, 3.8) is 0 Å². The summed E-state index contributed by atoms with van der Waals surface area (Å²) in [4.78, 5) is 31.7. The van der Waals surface area contributed by atoms with Crippen molar-refractivity contribution in [2.24, 2.45) is 0 Å². The minimum absolute atomic E-state index is 0.229. The van der Waals surface area contributed by atoms with Gasteiger partial charge < -0.3 is 10.6 Å². The number of thiophene rings is 1. The third kappa shape index (κ3) is 4.80. The molecular weight excluding hydrogens is 478 g/mol. The molecule has 7 heteroatoms. The Bertz CT molecular complexity index is 1500. The summed E-state index contributed by atoms with van der Waals surface area (Å²) in [5.74, 6) is -0.955. The highest BCUT2D eigenvalue weighted by Gasteiger charge is 2.24. The summed E-state index contributed by atoms with van der Waals surface area (Å²) in [7, 11) is 0. The fourth-order valence-electron chi connectivity index (χ4n) is 3.86. The van der Waals surface area contributed by atoms with Crippen molar-refractivity contribution < 1.29 is 9.59 Å².